The molecule has 7 nitrogen and oxygen atoms in total. The molecule has 0 aliphatic rings. The van der Waals surface area contributed by atoms with Crippen LogP contribution in [0.5, 0.6) is 11.5 Å². The van der Waals surface area contributed by atoms with Crippen LogP contribution >= 0.6 is 11.3 Å². The second-order valence-electron chi connectivity index (χ2n) is 9.11. The van der Waals surface area contributed by atoms with Crippen molar-refractivity contribution >= 4 is 29.0 Å². The second kappa shape index (κ2) is 14.6. The number of urea groups is 1. The van der Waals surface area contributed by atoms with Crippen molar-refractivity contribution in [3.8, 4) is 11.5 Å². The Bertz CT molecular complexity index is 1230. The van der Waals surface area contributed by atoms with Crippen LogP contribution in [0.15, 0.2) is 60.0 Å². The van der Waals surface area contributed by atoms with E-state index in [-0.39, 0.29) is 18.1 Å². The van der Waals surface area contributed by atoms with Crippen LogP contribution < -0.4 is 14.8 Å². The van der Waals surface area contributed by atoms with E-state index in [0.29, 0.717) is 44.0 Å². The van der Waals surface area contributed by atoms with Gasteiger partial charge in [0.05, 0.1) is 26.3 Å². The van der Waals surface area contributed by atoms with Gasteiger partial charge in [-0.15, -0.1) is 11.3 Å². The van der Waals surface area contributed by atoms with Gasteiger partial charge in [0.1, 0.15) is 6.54 Å². The molecule has 0 radical (unpaired) electrons. The first kappa shape index (κ1) is 30.8. The molecular weight excluding hydrogens is 543 g/mol. The number of amides is 3. The summed E-state index contributed by atoms with van der Waals surface area (Å²) in [6.45, 7) is 2.95. The van der Waals surface area contributed by atoms with Gasteiger partial charge in [0.25, 0.3) is 0 Å². The van der Waals surface area contributed by atoms with Gasteiger partial charge in [0.2, 0.25) is 5.91 Å². The van der Waals surface area contributed by atoms with E-state index < -0.39 is 17.8 Å². The van der Waals surface area contributed by atoms with Crippen LogP contribution in [0.2, 0.25) is 0 Å². The van der Waals surface area contributed by atoms with Gasteiger partial charge in [-0.05, 0) is 66.2 Å². The van der Waals surface area contributed by atoms with Gasteiger partial charge >= 0.3 is 12.2 Å². The maximum atomic E-state index is 13.5. The Labute approximate surface area is 236 Å². The number of nitrogens with one attached hydrogen (secondary N) is 1. The highest BCUT2D eigenvalue weighted by Crippen LogP contribution is 2.30. The molecule has 40 heavy (non-hydrogen) atoms. The van der Waals surface area contributed by atoms with Crippen LogP contribution in [0.25, 0.3) is 0 Å². The number of hydrogen-bond donors (Lipinski definition) is 1. The average Bonchev–Trinajstić information content (AvgIpc) is 3.46. The summed E-state index contributed by atoms with van der Waals surface area (Å²) in [5.41, 5.74) is 0.377. The molecule has 2 aromatic carbocycles. The average molecular weight is 578 g/mol. The zero-order valence-electron chi connectivity index (χ0n) is 22.8. The number of anilines is 1. The fourth-order valence-corrected chi connectivity index (χ4v) is 4.71. The molecule has 0 fully saturated rings. The fraction of sp³-hybridized carbons (Fsp3) is 0.379. The maximum absolute atomic E-state index is 13.5. The van der Waals surface area contributed by atoms with Crippen molar-refractivity contribution in [2.24, 2.45) is 0 Å². The third-order valence-corrected chi connectivity index (χ3v) is 7.12. The van der Waals surface area contributed by atoms with Gasteiger partial charge in [-0.3, -0.25) is 4.79 Å². The summed E-state index contributed by atoms with van der Waals surface area (Å²) in [6.07, 6.45) is -2.43. The number of halogens is 3. The van der Waals surface area contributed by atoms with E-state index in [1.165, 1.54) is 17.0 Å². The van der Waals surface area contributed by atoms with Gasteiger partial charge in [0.15, 0.2) is 11.5 Å². The zero-order valence-corrected chi connectivity index (χ0v) is 23.6. The molecule has 0 aliphatic carbocycles. The summed E-state index contributed by atoms with van der Waals surface area (Å²) in [6, 6.07) is 13.2. The highest BCUT2D eigenvalue weighted by atomic mass is 32.1. The Morgan fingerprint density at radius 1 is 0.950 bits per heavy atom. The lowest BCUT2D eigenvalue weighted by Crippen LogP contribution is -2.45. The number of nitrogens with zero attached hydrogens (tertiary/aromatic N) is 2. The predicted molar refractivity (Wildman–Crippen MR) is 150 cm³/mol. The van der Waals surface area contributed by atoms with E-state index in [4.69, 9.17) is 9.47 Å². The van der Waals surface area contributed by atoms with Gasteiger partial charge in [0, 0.05) is 23.7 Å². The number of alkyl halides is 3. The van der Waals surface area contributed by atoms with Crippen molar-refractivity contribution in [3.63, 3.8) is 0 Å². The highest BCUT2D eigenvalue weighted by molar-refractivity contribution is 7.09. The molecule has 216 valence electrons. The number of unbranched alkanes of at least 4 members (excludes halogenated alkanes) is 1. The third kappa shape index (κ3) is 8.90. The first-order valence-corrected chi connectivity index (χ1v) is 13.8. The van der Waals surface area contributed by atoms with Gasteiger partial charge in [-0.1, -0.05) is 25.5 Å². The minimum absolute atomic E-state index is 0.163. The highest BCUT2D eigenvalue weighted by Gasteiger charge is 2.30. The van der Waals surface area contributed by atoms with Crippen molar-refractivity contribution in [3.05, 3.63) is 76.0 Å². The van der Waals surface area contributed by atoms with Crippen LogP contribution in [-0.4, -0.2) is 55.6 Å². The number of hydrogen-bond acceptors (Lipinski definition) is 5. The lowest BCUT2D eigenvalue weighted by molar-refractivity contribution is -0.137. The summed E-state index contributed by atoms with van der Waals surface area (Å²) in [7, 11) is 3.13. The van der Waals surface area contributed by atoms with Crippen molar-refractivity contribution in [2.75, 3.05) is 39.2 Å². The molecule has 0 atom stereocenters. The fourth-order valence-electron chi connectivity index (χ4n) is 3.99. The summed E-state index contributed by atoms with van der Waals surface area (Å²) in [4.78, 5) is 30.8. The Morgan fingerprint density at radius 2 is 1.68 bits per heavy atom. The molecule has 0 saturated carbocycles. The van der Waals surface area contributed by atoms with Gasteiger partial charge < -0.3 is 24.6 Å². The molecule has 3 rings (SSSR count). The first-order valence-electron chi connectivity index (χ1n) is 12.9. The summed E-state index contributed by atoms with van der Waals surface area (Å²) >= 11 is 1.54. The molecule has 0 aliphatic heterocycles. The first-order chi connectivity index (χ1) is 19.1. The van der Waals surface area contributed by atoms with E-state index in [1.54, 1.807) is 30.5 Å². The quantitative estimate of drug-likeness (QED) is 0.246. The molecule has 3 amide bonds. The largest absolute Gasteiger partial charge is 0.493 e. The third-order valence-electron chi connectivity index (χ3n) is 6.26. The van der Waals surface area contributed by atoms with Crippen molar-refractivity contribution in [2.45, 2.75) is 38.9 Å². The van der Waals surface area contributed by atoms with Crippen molar-refractivity contribution < 1.29 is 32.2 Å². The smallest absolute Gasteiger partial charge is 0.416 e. The SMILES string of the molecule is CCCCN(CC(=O)N(CCc1ccc(OC)c(OC)c1)Cc1cccs1)C(=O)Nc1ccc(C(F)(F)F)cc1. The second-order valence-corrected chi connectivity index (χ2v) is 10.1. The van der Waals surface area contributed by atoms with Crippen LogP contribution in [0, 0.1) is 0 Å². The van der Waals surface area contributed by atoms with Crippen LogP contribution in [-0.2, 0) is 23.9 Å². The molecule has 0 bridgehead atoms. The topological polar surface area (TPSA) is 71.1 Å². The van der Waals surface area contributed by atoms with Gasteiger partial charge in [-0.25, -0.2) is 4.79 Å². The molecule has 0 unspecified atom stereocenters. The van der Waals surface area contributed by atoms with E-state index in [0.717, 1.165) is 29.0 Å². The van der Waals surface area contributed by atoms with E-state index in [2.05, 4.69) is 5.32 Å². The van der Waals surface area contributed by atoms with Crippen LogP contribution in [0.4, 0.5) is 23.7 Å². The molecule has 1 N–H and O–H groups in total. The normalized spacial score (nSPS) is 11.2. The number of rotatable bonds is 13. The Hall–Kier alpha value is -3.73. The Balaban J connectivity index is 1.73. The van der Waals surface area contributed by atoms with Crippen molar-refractivity contribution in [1.82, 2.24) is 9.80 Å². The van der Waals surface area contributed by atoms with Crippen molar-refractivity contribution in [1.29, 1.82) is 0 Å². The molecule has 11 heteroatoms. The summed E-state index contributed by atoms with van der Waals surface area (Å²) in [5, 5.41) is 4.57. The maximum Gasteiger partial charge on any atom is 0.416 e. The minimum atomic E-state index is -4.47. The number of thiophene rings is 1. The summed E-state index contributed by atoms with van der Waals surface area (Å²) < 4.78 is 49.4. The monoisotopic (exact) mass is 577 g/mol. The lowest BCUT2D eigenvalue weighted by atomic mass is 10.1. The van der Waals surface area contributed by atoms with E-state index in [1.807, 2.05) is 42.6 Å². The predicted octanol–water partition coefficient (Wildman–Crippen LogP) is 6.69. The lowest BCUT2D eigenvalue weighted by Gasteiger charge is -2.28. The number of carbonyl (C=O) groups is 2. The molecule has 0 spiro atoms. The number of benzene rings is 2. The molecular formula is C29H34F3N3O4S. The molecule has 1 heterocycles. The molecule has 1 aromatic heterocycles. The number of methoxy groups -OCH3 is 2. The Kier molecular flexibility index (Phi) is 11.2. The molecule has 3 aromatic rings. The van der Waals surface area contributed by atoms with Crippen LogP contribution in [0.3, 0.4) is 0 Å². The van der Waals surface area contributed by atoms with Crippen LogP contribution in [0.1, 0.15) is 35.8 Å². The minimum Gasteiger partial charge on any atom is -0.493 e. The summed E-state index contributed by atoms with van der Waals surface area (Å²) in [5.74, 6) is 0.984. The van der Waals surface area contributed by atoms with Gasteiger partial charge in [-0.2, -0.15) is 13.2 Å². The number of ether oxygens (including phenoxy) is 2. The molecule has 0 saturated heterocycles. The van der Waals surface area contributed by atoms with E-state index >= 15 is 0 Å². The van der Waals surface area contributed by atoms with E-state index in [9.17, 15) is 22.8 Å². The zero-order chi connectivity index (χ0) is 29.1. The standard InChI is InChI=1S/C29H34F3N3O4S/c1-4-5-15-35(28(37)33-23-11-9-22(10-12-23)29(30,31)32)20-27(36)34(19-24-7-6-17-40-24)16-14-21-8-13-25(38-2)26(18-21)39-3/h6-13,17-18H,4-5,14-16,19-20H2,1-3H3,(H,33,37). The Morgan fingerprint density at radius 3 is 2.27 bits per heavy atom. The number of carbonyl (C=O) groups excluding carboxylic acids is 2.